The predicted molar refractivity (Wildman–Crippen MR) is 121 cm³/mol. The summed E-state index contributed by atoms with van der Waals surface area (Å²) in [5.74, 6) is 0.695. The molecule has 32 heavy (non-hydrogen) atoms. The molecule has 2 fully saturated rings. The Labute approximate surface area is 188 Å². The highest BCUT2D eigenvalue weighted by molar-refractivity contribution is 6.23. The number of amides is 3. The summed E-state index contributed by atoms with van der Waals surface area (Å²) in [6.45, 7) is 8.39. The Morgan fingerprint density at radius 1 is 1.03 bits per heavy atom. The van der Waals surface area contributed by atoms with Gasteiger partial charge in [-0.05, 0) is 24.4 Å². The third-order valence-corrected chi connectivity index (χ3v) is 6.63. The van der Waals surface area contributed by atoms with E-state index in [0.717, 1.165) is 37.6 Å². The first-order valence-electron chi connectivity index (χ1n) is 11.0. The lowest BCUT2D eigenvalue weighted by Crippen LogP contribution is -2.63. The Kier molecular flexibility index (Phi) is 6.21. The van der Waals surface area contributed by atoms with Gasteiger partial charge in [0.2, 0.25) is 0 Å². The van der Waals surface area contributed by atoms with Crippen molar-refractivity contribution >= 4 is 29.4 Å². The third-order valence-electron chi connectivity index (χ3n) is 6.63. The molecule has 0 spiro atoms. The van der Waals surface area contributed by atoms with Crippen LogP contribution >= 0.6 is 0 Å². The zero-order chi connectivity index (χ0) is 23.0. The number of rotatable bonds is 6. The molecule has 2 atom stereocenters. The lowest BCUT2D eigenvalue weighted by molar-refractivity contribution is -0.556. The van der Waals surface area contributed by atoms with Crippen molar-refractivity contribution in [2.24, 2.45) is 4.99 Å². The Morgan fingerprint density at radius 2 is 1.62 bits per heavy atom. The summed E-state index contributed by atoms with van der Waals surface area (Å²) in [5.41, 5.74) is 1.30. The number of nitrogens with zero attached hydrogens (tertiary/aromatic N) is 6. The molecular weight excluding hydrogens is 408 g/mol. The van der Waals surface area contributed by atoms with Crippen molar-refractivity contribution in [3.63, 3.8) is 0 Å². The zero-order valence-corrected chi connectivity index (χ0v) is 19.2. The highest BCUT2D eigenvalue weighted by Gasteiger charge is 2.54. The molecule has 3 amide bonds. The van der Waals surface area contributed by atoms with Gasteiger partial charge in [0.15, 0.2) is 11.8 Å². The fourth-order valence-corrected chi connectivity index (χ4v) is 4.52. The highest BCUT2D eigenvalue weighted by atomic mass is 16.2. The van der Waals surface area contributed by atoms with Crippen LogP contribution in [0.4, 0.5) is 4.79 Å². The van der Waals surface area contributed by atoms with Crippen LogP contribution in [0.5, 0.6) is 0 Å². The summed E-state index contributed by atoms with van der Waals surface area (Å²) < 4.78 is 1.80. The predicted octanol–water partition coefficient (Wildman–Crippen LogP) is 0.497. The molecule has 9 heteroatoms. The largest absolute Gasteiger partial charge is 0.333 e. The maximum absolute atomic E-state index is 13.0. The Morgan fingerprint density at radius 3 is 2.22 bits per heavy atom. The maximum Gasteiger partial charge on any atom is 0.333 e. The minimum Gasteiger partial charge on any atom is -0.297 e. The number of likely N-dealkylation sites (N-methyl/N-ethyl adjacent to an activating group) is 2. The second kappa shape index (κ2) is 8.91. The summed E-state index contributed by atoms with van der Waals surface area (Å²) in [6, 6.07) is 8.79. The van der Waals surface area contributed by atoms with E-state index in [1.54, 1.807) is 18.5 Å². The molecule has 0 N–H and O–H groups in total. The minimum absolute atomic E-state index is 0.0402. The van der Waals surface area contributed by atoms with Crippen LogP contribution in [0.1, 0.15) is 19.4 Å². The van der Waals surface area contributed by atoms with Crippen LogP contribution in [0, 0.1) is 0 Å². The Hall–Kier alpha value is -2.91. The van der Waals surface area contributed by atoms with E-state index in [2.05, 4.69) is 34.1 Å². The molecule has 0 saturated carbocycles. The van der Waals surface area contributed by atoms with Gasteiger partial charge in [-0.1, -0.05) is 30.3 Å². The van der Waals surface area contributed by atoms with Crippen molar-refractivity contribution in [3.05, 3.63) is 35.9 Å². The van der Waals surface area contributed by atoms with Crippen molar-refractivity contribution in [2.75, 3.05) is 46.8 Å². The Balaban J connectivity index is 1.51. The summed E-state index contributed by atoms with van der Waals surface area (Å²) >= 11 is 0. The number of urea groups is 1. The number of ketones is 1. The van der Waals surface area contributed by atoms with Crippen LogP contribution in [0.2, 0.25) is 0 Å². The van der Waals surface area contributed by atoms with Gasteiger partial charge in [-0.2, -0.15) is 0 Å². The molecule has 0 aliphatic carbocycles. The molecule has 3 aliphatic rings. The van der Waals surface area contributed by atoms with Crippen molar-refractivity contribution in [1.82, 2.24) is 19.6 Å². The van der Waals surface area contributed by atoms with E-state index in [9.17, 15) is 14.4 Å². The number of amidine groups is 2. The van der Waals surface area contributed by atoms with Crippen LogP contribution in [-0.4, -0.2) is 112 Å². The Bertz CT molecular complexity index is 981. The number of Topliss-reactive ketones (excluding diaryl/α,β-unsaturated/α-hetero) is 1. The molecule has 0 radical (unpaired) electrons. The lowest BCUT2D eigenvalue weighted by atomic mass is 10.1. The quantitative estimate of drug-likeness (QED) is 0.603. The molecule has 0 aromatic heterocycles. The van der Waals surface area contributed by atoms with E-state index in [4.69, 9.17) is 4.99 Å². The molecule has 2 saturated heterocycles. The van der Waals surface area contributed by atoms with Crippen molar-refractivity contribution in [1.29, 1.82) is 0 Å². The minimum atomic E-state index is -0.740. The molecule has 3 heterocycles. The van der Waals surface area contributed by atoms with E-state index in [-0.39, 0.29) is 11.7 Å². The van der Waals surface area contributed by atoms with E-state index in [1.807, 2.05) is 6.07 Å². The van der Waals surface area contributed by atoms with Gasteiger partial charge in [0.05, 0.1) is 0 Å². The van der Waals surface area contributed by atoms with Crippen LogP contribution in [0.15, 0.2) is 35.3 Å². The number of aliphatic imine (C=N–C) groups is 1. The first kappa shape index (κ1) is 22.3. The van der Waals surface area contributed by atoms with Gasteiger partial charge in [0.25, 0.3) is 17.8 Å². The van der Waals surface area contributed by atoms with Crippen LogP contribution in [0.25, 0.3) is 0 Å². The SMILES string of the molecule is CC(=O)C(C)[N+]1=C(CN2CCN(Cc3ccccc3)CC2)N=C2C1C(=O)N(C)C(=O)N2C. The van der Waals surface area contributed by atoms with Crippen LogP contribution in [-0.2, 0) is 16.1 Å². The van der Waals surface area contributed by atoms with Crippen molar-refractivity contribution in [2.45, 2.75) is 32.5 Å². The number of piperazine rings is 1. The number of hydrogen-bond acceptors (Lipinski definition) is 6. The van der Waals surface area contributed by atoms with Gasteiger partial charge in [-0.15, -0.1) is 0 Å². The highest BCUT2D eigenvalue weighted by Crippen LogP contribution is 2.21. The number of benzene rings is 1. The topological polar surface area (TPSA) is 79.5 Å². The van der Waals surface area contributed by atoms with Gasteiger partial charge in [-0.3, -0.25) is 29.2 Å². The van der Waals surface area contributed by atoms with Gasteiger partial charge in [0, 0.05) is 46.8 Å². The molecule has 4 rings (SSSR count). The number of carbonyl (C=O) groups is 3. The number of carbonyl (C=O) groups excluding carboxylic acids is 3. The van der Waals surface area contributed by atoms with E-state index in [0.29, 0.717) is 18.2 Å². The lowest BCUT2D eigenvalue weighted by Gasteiger charge is -2.34. The molecule has 3 aliphatic heterocycles. The van der Waals surface area contributed by atoms with Gasteiger partial charge < -0.3 is 0 Å². The smallest absolute Gasteiger partial charge is 0.297 e. The molecule has 0 bridgehead atoms. The molecule has 2 unspecified atom stereocenters. The van der Waals surface area contributed by atoms with Crippen LogP contribution < -0.4 is 0 Å². The third kappa shape index (κ3) is 4.10. The molecular formula is C23H31N6O3+. The number of imide groups is 1. The molecule has 170 valence electrons. The van der Waals surface area contributed by atoms with Gasteiger partial charge in [0.1, 0.15) is 6.54 Å². The van der Waals surface area contributed by atoms with E-state index < -0.39 is 18.1 Å². The first-order valence-corrected chi connectivity index (χ1v) is 11.0. The van der Waals surface area contributed by atoms with E-state index in [1.165, 1.54) is 24.4 Å². The summed E-state index contributed by atoms with van der Waals surface area (Å²) in [5, 5.41) is 0. The summed E-state index contributed by atoms with van der Waals surface area (Å²) in [4.78, 5) is 49.6. The van der Waals surface area contributed by atoms with Crippen molar-refractivity contribution in [3.8, 4) is 0 Å². The first-order chi connectivity index (χ1) is 15.3. The van der Waals surface area contributed by atoms with Gasteiger partial charge in [-0.25, -0.2) is 9.37 Å². The van der Waals surface area contributed by atoms with Crippen molar-refractivity contribution < 1.29 is 19.0 Å². The average Bonchev–Trinajstić information content (AvgIpc) is 3.16. The standard InChI is InChI=1S/C23H31N6O3/c1-16(17(2)30)29-19(24-21-20(29)22(31)26(4)23(32)25(21)3)15-28-12-10-27(11-13-28)14-18-8-6-5-7-9-18/h5-9,16,20H,10-15H2,1-4H3/q+1. The van der Waals surface area contributed by atoms with Gasteiger partial charge >= 0.3 is 11.9 Å². The zero-order valence-electron chi connectivity index (χ0n) is 19.2. The number of hydrogen-bond donors (Lipinski definition) is 0. The van der Waals surface area contributed by atoms with E-state index >= 15 is 0 Å². The molecule has 1 aromatic rings. The summed E-state index contributed by atoms with van der Waals surface area (Å²) in [7, 11) is 3.09. The molecule has 9 nitrogen and oxygen atoms in total. The summed E-state index contributed by atoms with van der Waals surface area (Å²) in [6.07, 6.45) is 0. The maximum atomic E-state index is 13.0. The fraction of sp³-hybridized carbons (Fsp3) is 0.522. The average molecular weight is 440 g/mol. The second-order valence-electron chi connectivity index (χ2n) is 8.76. The second-order valence-corrected chi connectivity index (χ2v) is 8.76. The number of fused-ring (bicyclic) bond motifs is 1. The monoisotopic (exact) mass is 439 g/mol. The molecule has 1 aromatic carbocycles. The normalized spacial score (nSPS) is 23.5. The van der Waals surface area contributed by atoms with Crippen LogP contribution in [0.3, 0.4) is 0 Å². The fourth-order valence-electron chi connectivity index (χ4n) is 4.52.